The molecular formula is C29H40FN5O5. The van der Waals surface area contributed by atoms with E-state index >= 15 is 4.39 Å². The van der Waals surface area contributed by atoms with E-state index in [0.717, 1.165) is 37.0 Å². The fraction of sp³-hybridized carbons (Fsp3) is 0.655. The quantitative estimate of drug-likeness (QED) is 0.579. The van der Waals surface area contributed by atoms with Crippen molar-refractivity contribution < 1.29 is 23.5 Å². The Bertz CT molecular complexity index is 1360. The number of piperidine rings is 3. The third-order valence-electron chi connectivity index (χ3n) is 8.51. The lowest BCUT2D eigenvalue weighted by Gasteiger charge is -2.41. The number of aryl methyl sites for hydroxylation is 1. The lowest BCUT2D eigenvalue weighted by molar-refractivity contribution is -0.135. The van der Waals surface area contributed by atoms with Gasteiger partial charge < -0.3 is 14.5 Å². The van der Waals surface area contributed by atoms with Gasteiger partial charge in [0.2, 0.25) is 11.8 Å². The van der Waals surface area contributed by atoms with Gasteiger partial charge >= 0.3 is 11.8 Å². The number of amides is 3. The molecule has 2 aromatic rings. The molecule has 11 heteroatoms. The van der Waals surface area contributed by atoms with E-state index in [1.54, 1.807) is 16.5 Å². The smallest absolute Gasteiger partial charge is 0.410 e. The minimum Gasteiger partial charge on any atom is -0.444 e. The number of likely N-dealkylation sites (tertiary alicyclic amines) is 2. The van der Waals surface area contributed by atoms with Crippen LogP contribution in [0.2, 0.25) is 0 Å². The summed E-state index contributed by atoms with van der Waals surface area (Å²) >= 11 is 0. The van der Waals surface area contributed by atoms with Gasteiger partial charge in [0.15, 0.2) is 0 Å². The average Bonchev–Trinajstić information content (AvgIpc) is 3.13. The molecule has 1 aromatic carbocycles. The van der Waals surface area contributed by atoms with Crippen LogP contribution in [0.15, 0.2) is 23.0 Å². The first-order valence-electron chi connectivity index (χ1n) is 14.3. The number of hydrogen-bond acceptors (Lipinski definition) is 6. The Kier molecular flexibility index (Phi) is 7.54. The van der Waals surface area contributed by atoms with E-state index in [4.69, 9.17) is 4.74 Å². The third kappa shape index (κ3) is 5.80. The van der Waals surface area contributed by atoms with Crippen LogP contribution in [0.4, 0.5) is 9.18 Å². The fourth-order valence-corrected chi connectivity index (χ4v) is 6.26. The van der Waals surface area contributed by atoms with Crippen molar-refractivity contribution in [2.24, 2.45) is 7.05 Å². The van der Waals surface area contributed by atoms with Crippen molar-refractivity contribution in [1.29, 1.82) is 0 Å². The number of fused-ring (bicyclic) bond motifs is 1. The summed E-state index contributed by atoms with van der Waals surface area (Å²) in [6.45, 7) is 8.13. The van der Waals surface area contributed by atoms with Gasteiger partial charge in [-0.1, -0.05) is 6.07 Å². The minimum absolute atomic E-state index is 0.206. The highest BCUT2D eigenvalue weighted by Crippen LogP contribution is 2.34. The normalized spacial score (nSPS) is 22.9. The first-order chi connectivity index (χ1) is 18.8. The van der Waals surface area contributed by atoms with E-state index in [9.17, 15) is 19.2 Å². The van der Waals surface area contributed by atoms with Gasteiger partial charge in [0.25, 0.3) is 0 Å². The molecule has 0 radical (unpaired) electrons. The number of nitrogens with one attached hydrogen (secondary N) is 1. The zero-order valence-electron chi connectivity index (χ0n) is 23.9. The van der Waals surface area contributed by atoms with Crippen molar-refractivity contribution in [2.45, 2.75) is 82.5 Å². The molecule has 3 fully saturated rings. The molecule has 3 saturated heterocycles. The first-order valence-corrected chi connectivity index (χ1v) is 14.3. The summed E-state index contributed by atoms with van der Waals surface area (Å²) in [5, 5.41) is 2.34. The number of halogens is 1. The maximum atomic E-state index is 15.7. The Balaban J connectivity index is 1.20. The molecular weight excluding hydrogens is 517 g/mol. The SMILES string of the molecule is Cn1c(=O)n(C2CCC(=O)NC2=O)c2ccc(C3CCN(CC4(F)CCN(C(=O)OC(C)(C)C)CC4)CC3)cc21. The minimum atomic E-state index is -1.32. The summed E-state index contributed by atoms with van der Waals surface area (Å²) in [6.07, 6.45) is 2.51. The Morgan fingerprint density at radius 3 is 2.35 bits per heavy atom. The number of hydrogen-bond donors (Lipinski definition) is 1. The van der Waals surface area contributed by atoms with Crippen molar-refractivity contribution in [2.75, 3.05) is 32.7 Å². The second-order valence-electron chi connectivity index (χ2n) is 12.6. The van der Waals surface area contributed by atoms with E-state index in [0.29, 0.717) is 50.3 Å². The molecule has 0 aliphatic carbocycles. The summed E-state index contributed by atoms with van der Waals surface area (Å²) in [5.41, 5.74) is 0.407. The van der Waals surface area contributed by atoms with Gasteiger partial charge in [-0.3, -0.25) is 24.0 Å². The first kappa shape index (κ1) is 28.3. The number of carbonyl (C=O) groups excluding carboxylic acids is 3. The number of ether oxygens (including phenoxy) is 1. The number of alkyl halides is 1. The molecule has 40 heavy (non-hydrogen) atoms. The van der Waals surface area contributed by atoms with Crippen LogP contribution in [-0.4, -0.2) is 80.8 Å². The molecule has 0 spiro atoms. The highest BCUT2D eigenvalue weighted by Gasteiger charge is 2.39. The topological polar surface area (TPSA) is 106 Å². The summed E-state index contributed by atoms with van der Waals surface area (Å²) in [7, 11) is 1.70. The van der Waals surface area contributed by atoms with E-state index < -0.39 is 23.2 Å². The average molecular weight is 558 g/mol. The standard InChI is InChI=1S/C29H40FN5O5/c1-28(2,3)40-27(39)34-15-11-29(30,12-16-34)18-33-13-9-19(10-14-33)20-5-6-21-23(17-20)32(4)26(38)35(21)22-7-8-24(36)31-25(22)37/h5-6,17,19,22H,7-16,18H2,1-4H3,(H,31,36,37). The molecule has 3 aliphatic heterocycles. The van der Waals surface area contributed by atoms with Crippen molar-refractivity contribution >= 4 is 28.9 Å². The summed E-state index contributed by atoms with van der Waals surface area (Å²) < 4.78 is 24.2. The number of nitrogens with zero attached hydrogens (tertiary/aromatic N) is 4. The molecule has 0 bridgehead atoms. The van der Waals surface area contributed by atoms with Crippen LogP contribution in [0.3, 0.4) is 0 Å². The molecule has 0 saturated carbocycles. The zero-order valence-corrected chi connectivity index (χ0v) is 23.9. The summed E-state index contributed by atoms with van der Waals surface area (Å²) in [4.78, 5) is 53.2. The van der Waals surface area contributed by atoms with Crippen LogP contribution in [0.25, 0.3) is 11.0 Å². The van der Waals surface area contributed by atoms with Crippen molar-refractivity contribution in [3.05, 3.63) is 34.2 Å². The molecule has 1 N–H and O–H groups in total. The molecule has 1 unspecified atom stereocenters. The molecule has 5 rings (SSSR count). The van der Waals surface area contributed by atoms with Crippen LogP contribution < -0.4 is 11.0 Å². The van der Waals surface area contributed by atoms with E-state index in [2.05, 4.69) is 10.2 Å². The molecule has 3 amide bonds. The molecule has 218 valence electrons. The van der Waals surface area contributed by atoms with Gasteiger partial charge in [-0.25, -0.2) is 14.0 Å². The van der Waals surface area contributed by atoms with Gasteiger partial charge in [0, 0.05) is 45.9 Å². The van der Waals surface area contributed by atoms with Gasteiger partial charge in [0.05, 0.1) is 11.0 Å². The van der Waals surface area contributed by atoms with Gasteiger partial charge in [-0.15, -0.1) is 0 Å². The number of benzene rings is 1. The number of carbonyl (C=O) groups is 3. The lowest BCUT2D eigenvalue weighted by atomic mass is 9.87. The van der Waals surface area contributed by atoms with Crippen molar-refractivity contribution in [1.82, 2.24) is 24.3 Å². The predicted octanol–water partition coefficient (Wildman–Crippen LogP) is 3.24. The summed E-state index contributed by atoms with van der Waals surface area (Å²) in [6, 6.07) is 5.25. The third-order valence-corrected chi connectivity index (χ3v) is 8.51. The van der Waals surface area contributed by atoms with Gasteiger partial charge in [-0.05, 0) is 76.7 Å². The van der Waals surface area contributed by atoms with Crippen LogP contribution in [0, 0.1) is 0 Å². The van der Waals surface area contributed by atoms with Crippen molar-refractivity contribution in [3.8, 4) is 0 Å². The van der Waals surface area contributed by atoms with Crippen LogP contribution in [0.1, 0.15) is 76.8 Å². The number of aromatic nitrogens is 2. The largest absolute Gasteiger partial charge is 0.444 e. The van der Waals surface area contributed by atoms with Crippen LogP contribution in [0.5, 0.6) is 0 Å². The fourth-order valence-electron chi connectivity index (χ4n) is 6.26. The molecule has 10 nitrogen and oxygen atoms in total. The van der Waals surface area contributed by atoms with Gasteiger partial charge in [-0.2, -0.15) is 0 Å². The number of imidazole rings is 1. The highest BCUT2D eigenvalue weighted by molar-refractivity contribution is 6.00. The second-order valence-corrected chi connectivity index (χ2v) is 12.6. The van der Waals surface area contributed by atoms with Crippen LogP contribution in [-0.2, 0) is 21.4 Å². The van der Waals surface area contributed by atoms with Gasteiger partial charge in [0.1, 0.15) is 17.3 Å². The van der Waals surface area contributed by atoms with E-state index in [-0.39, 0.29) is 24.1 Å². The van der Waals surface area contributed by atoms with E-state index in [1.807, 2.05) is 39.0 Å². The Morgan fingerprint density at radius 1 is 1.05 bits per heavy atom. The Hall–Kier alpha value is -3.21. The maximum Gasteiger partial charge on any atom is 0.410 e. The molecule has 1 atom stereocenters. The molecule has 4 heterocycles. The maximum absolute atomic E-state index is 15.7. The molecule has 3 aliphatic rings. The van der Waals surface area contributed by atoms with Crippen molar-refractivity contribution in [3.63, 3.8) is 0 Å². The predicted molar refractivity (Wildman–Crippen MR) is 148 cm³/mol. The second kappa shape index (κ2) is 10.6. The van der Waals surface area contributed by atoms with E-state index in [1.165, 1.54) is 4.57 Å². The lowest BCUT2D eigenvalue weighted by Crippen LogP contribution is -2.51. The monoisotopic (exact) mass is 557 g/mol. The zero-order chi connectivity index (χ0) is 28.8. The number of imide groups is 1. The molecule has 1 aromatic heterocycles. The highest BCUT2D eigenvalue weighted by atomic mass is 19.1. The number of rotatable bonds is 4. The Morgan fingerprint density at radius 2 is 1.73 bits per heavy atom. The Labute approximate surface area is 233 Å². The van der Waals surface area contributed by atoms with Crippen LogP contribution >= 0.6 is 0 Å². The summed E-state index contributed by atoms with van der Waals surface area (Å²) in [5.74, 6) is -0.462.